The van der Waals surface area contributed by atoms with E-state index in [1.807, 2.05) is 18.2 Å². The number of halogens is 2. The number of nitrogens with zero attached hydrogens (tertiary/aromatic N) is 1. The first-order valence-electron chi connectivity index (χ1n) is 12.7. The Bertz CT molecular complexity index is 1420. The molecular weight excluding hydrogens is 484 g/mol. The fourth-order valence-electron chi connectivity index (χ4n) is 5.44. The third-order valence-electron chi connectivity index (χ3n) is 7.38. The molecular formula is C32H25F2NO3. The smallest absolute Gasteiger partial charge is 0.261 e. The van der Waals surface area contributed by atoms with E-state index in [0.29, 0.717) is 23.4 Å². The number of amides is 2. The van der Waals surface area contributed by atoms with E-state index in [9.17, 15) is 18.4 Å². The van der Waals surface area contributed by atoms with E-state index in [1.165, 1.54) is 29.2 Å². The lowest BCUT2D eigenvalue weighted by molar-refractivity contribution is 0.0626. The molecule has 0 saturated heterocycles. The Balaban J connectivity index is 1.21. The first kappa shape index (κ1) is 24.0. The molecule has 0 radical (unpaired) electrons. The molecule has 1 aliphatic heterocycles. The summed E-state index contributed by atoms with van der Waals surface area (Å²) in [4.78, 5) is 26.9. The summed E-state index contributed by atoms with van der Waals surface area (Å²) in [5.74, 6) is -0.265. The van der Waals surface area contributed by atoms with Crippen LogP contribution in [0.3, 0.4) is 0 Å². The molecule has 0 aromatic heterocycles. The van der Waals surface area contributed by atoms with Gasteiger partial charge in [0.2, 0.25) is 0 Å². The van der Waals surface area contributed by atoms with Gasteiger partial charge in [0.25, 0.3) is 11.8 Å². The predicted molar refractivity (Wildman–Crippen MR) is 141 cm³/mol. The molecule has 2 atom stereocenters. The van der Waals surface area contributed by atoms with Gasteiger partial charge < -0.3 is 4.74 Å². The van der Waals surface area contributed by atoms with Crippen molar-refractivity contribution in [1.82, 2.24) is 4.90 Å². The number of benzene rings is 4. The van der Waals surface area contributed by atoms with Gasteiger partial charge in [-0.25, -0.2) is 8.78 Å². The van der Waals surface area contributed by atoms with Gasteiger partial charge in [0, 0.05) is 6.54 Å². The van der Waals surface area contributed by atoms with Crippen LogP contribution in [0, 0.1) is 17.6 Å². The van der Waals surface area contributed by atoms with Crippen LogP contribution in [0.15, 0.2) is 91.0 Å². The Morgan fingerprint density at radius 1 is 0.684 bits per heavy atom. The van der Waals surface area contributed by atoms with E-state index in [2.05, 4.69) is 0 Å². The van der Waals surface area contributed by atoms with E-state index in [4.69, 9.17) is 4.74 Å². The van der Waals surface area contributed by atoms with Crippen molar-refractivity contribution in [2.45, 2.75) is 25.4 Å². The fraction of sp³-hybridized carbons (Fsp3) is 0.188. The molecule has 0 bridgehead atoms. The first-order chi connectivity index (χ1) is 18.4. The van der Waals surface area contributed by atoms with Crippen LogP contribution < -0.4 is 4.74 Å². The molecule has 1 heterocycles. The molecule has 4 aromatic carbocycles. The quantitative estimate of drug-likeness (QED) is 0.260. The van der Waals surface area contributed by atoms with Crippen LogP contribution in [0.2, 0.25) is 0 Å². The number of carbonyl (C=O) groups is 2. The van der Waals surface area contributed by atoms with Crippen molar-refractivity contribution in [3.05, 3.63) is 114 Å². The normalized spacial score (nSPS) is 18.6. The molecule has 0 N–H and O–H groups in total. The Morgan fingerprint density at radius 3 is 1.74 bits per heavy atom. The zero-order valence-corrected chi connectivity index (χ0v) is 20.6. The van der Waals surface area contributed by atoms with Crippen LogP contribution in [0.4, 0.5) is 8.78 Å². The van der Waals surface area contributed by atoms with Gasteiger partial charge in [0.1, 0.15) is 17.4 Å². The third-order valence-corrected chi connectivity index (χ3v) is 7.38. The number of rotatable bonds is 6. The lowest BCUT2D eigenvalue weighted by atomic mass is 9.98. The minimum absolute atomic E-state index is 0.0697. The Morgan fingerprint density at radius 2 is 1.21 bits per heavy atom. The lowest BCUT2D eigenvalue weighted by Crippen LogP contribution is -2.34. The summed E-state index contributed by atoms with van der Waals surface area (Å²) in [6.07, 6.45) is 2.31. The van der Waals surface area contributed by atoms with Gasteiger partial charge in [-0.3, -0.25) is 14.5 Å². The largest absolute Gasteiger partial charge is 0.490 e. The lowest BCUT2D eigenvalue weighted by Gasteiger charge is -2.20. The van der Waals surface area contributed by atoms with E-state index < -0.39 is 0 Å². The zero-order chi connectivity index (χ0) is 26.2. The molecule has 6 heteroatoms. The second-order valence-corrected chi connectivity index (χ2v) is 9.95. The summed E-state index contributed by atoms with van der Waals surface area (Å²) in [6, 6.07) is 25.3. The number of fused-ring (bicyclic) bond motifs is 1. The molecule has 0 spiro atoms. The van der Waals surface area contributed by atoms with Crippen LogP contribution in [-0.4, -0.2) is 29.4 Å². The molecule has 6 rings (SSSR count). The summed E-state index contributed by atoms with van der Waals surface area (Å²) in [5, 5.41) is 0. The fourth-order valence-corrected chi connectivity index (χ4v) is 5.44. The van der Waals surface area contributed by atoms with Gasteiger partial charge in [0.15, 0.2) is 0 Å². The predicted octanol–water partition coefficient (Wildman–Crippen LogP) is 7.14. The highest BCUT2D eigenvalue weighted by atomic mass is 19.1. The molecule has 4 nitrogen and oxygen atoms in total. The molecule has 1 fully saturated rings. The van der Waals surface area contributed by atoms with Crippen LogP contribution in [0.25, 0.3) is 22.3 Å². The van der Waals surface area contributed by atoms with E-state index in [1.54, 1.807) is 48.5 Å². The highest BCUT2D eigenvalue weighted by Gasteiger charge is 2.38. The highest BCUT2D eigenvalue weighted by molar-refractivity contribution is 6.21. The van der Waals surface area contributed by atoms with Crippen molar-refractivity contribution >= 4 is 11.8 Å². The van der Waals surface area contributed by atoms with Gasteiger partial charge in [-0.1, -0.05) is 36.4 Å². The maximum absolute atomic E-state index is 13.5. The number of imide groups is 1. The molecule has 2 aliphatic rings. The van der Waals surface area contributed by atoms with Gasteiger partial charge in [0.05, 0.1) is 17.2 Å². The second kappa shape index (κ2) is 9.86. The van der Waals surface area contributed by atoms with Gasteiger partial charge >= 0.3 is 0 Å². The van der Waals surface area contributed by atoms with Crippen LogP contribution >= 0.6 is 0 Å². The van der Waals surface area contributed by atoms with Crippen LogP contribution in [0.1, 0.15) is 40.0 Å². The third kappa shape index (κ3) is 4.70. The topological polar surface area (TPSA) is 46.6 Å². The average molecular weight is 510 g/mol. The maximum atomic E-state index is 13.5. The van der Waals surface area contributed by atoms with Crippen molar-refractivity contribution < 1.29 is 23.1 Å². The monoisotopic (exact) mass is 509 g/mol. The van der Waals surface area contributed by atoms with Crippen molar-refractivity contribution in [3.8, 4) is 28.0 Å². The first-order valence-corrected chi connectivity index (χ1v) is 12.7. The number of hydrogen-bond donors (Lipinski definition) is 0. The molecule has 0 unspecified atom stereocenters. The molecule has 4 aromatic rings. The SMILES string of the molecule is O=C1c2ccccc2C(=O)N1C[C@H]1CC[C@@H](Oc2cc(-c3ccc(F)cc3)cc(-c3ccc(F)cc3)c2)C1. The molecule has 1 saturated carbocycles. The zero-order valence-electron chi connectivity index (χ0n) is 20.6. The minimum atomic E-state index is -0.310. The van der Waals surface area contributed by atoms with Gasteiger partial charge in [-0.2, -0.15) is 0 Å². The minimum Gasteiger partial charge on any atom is -0.490 e. The number of ether oxygens (including phenoxy) is 1. The van der Waals surface area contributed by atoms with E-state index >= 15 is 0 Å². The average Bonchev–Trinajstić information content (AvgIpc) is 3.47. The molecule has 2 amide bonds. The molecule has 1 aliphatic carbocycles. The van der Waals surface area contributed by atoms with Crippen molar-refractivity contribution in [1.29, 1.82) is 0 Å². The summed E-state index contributed by atoms with van der Waals surface area (Å²) < 4.78 is 33.5. The summed E-state index contributed by atoms with van der Waals surface area (Å²) in [5.41, 5.74) is 4.35. The maximum Gasteiger partial charge on any atom is 0.261 e. The Labute approximate surface area is 219 Å². The van der Waals surface area contributed by atoms with Gasteiger partial charge in [-0.15, -0.1) is 0 Å². The van der Waals surface area contributed by atoms with Crippen LogP contribution in [-0.2, 0) is 0 Å². The van der Waals surface area contributed by atoms with E-state index in [-0.39, 0.29) is 35.5 Å². The van der Waals surface area contributed by atoms with Crippen molar-refractivity contribution in [2.75, 3.05) is 6.54 Å². The summed E-state index contributed by atoms with van der Waals surface area (Å²) in [6.45, 7) is 0.378. The van der Waals surface area contributed by atoms with Crippen molar-refractivity contribution in [3.63, 3.8) is 0 Å². The molecule has 38 heavy (non-hydrogen) atoms. The number of hydrogen-bond acceptors (Lipinski definition) is 3. The van der Waals surface area contributed by atoms with Crippen LogP contribution in [0.5, 0.6) is 5.75 Å². The molecule has 190 valence electrons. The standard InChI is InChI=1S/C32H25F2NO3/c33-25-10-6-21(7-11-25)23-16-24(22-8-12-26(34)13-9-22)18-28(17-23)38-27-14-5-20(15-27)19-35-31(36)29-3-1-2-4-30(29)32(35)37/h1-4,6-13,16-18,20,27H,5,14-15,19H2/t20-,27+/m0/s1. The summed E-state index contributed by atoms with van der Waals surface area (Å²) in [7, 11) is 0. The Hall–Kier alpha value is -4.32. The van der Waals surface area contributed by atoms with E-state index in [0.717, 1.165) is 41.5 Å². The summed E-state index contributed by atoms with van der Waals surface area (Å²) >= 11 is 0. The Kier molecular flexibility index (Phi) is 6.24. The van der Waals surface area contributed by atoms with Gasteiger partial charge in [-0.05, 0) is 102 Å². The van der Waals surface area contributed by atoms with Crippen molar-refractivity contribution in [2.24, 2.45) is 5.92 Å². The second-order valence-electron chi connectivity index (χ2n) is 9.95. The number of carbonyl (C=O) groups excluding carboxylic acids is 2. The highest BCUT2D eigenvalue weighted by Crippen LogP contribution is 2.36.